The smallest absolute Gasteiger partial charge is 0.160 e. The van der Waals surface area contributed by atoms with Crippen LogP contribution < -0.4 is 5.73 Å². The van der Waals surface area contributed by atoms with E-state index in [0.717, 1.165) is 17.9 Å². The van der Waals surface area contributed by atoms with Crippen molar-refractivity contribution < 1.29 is 0 Å². The van der Waals surface area contributed by atoms with Crippen LogP contribution in [0.25, 0.3) is 5.65 Å². The molecule has 0 aliphatic heterocycles. The number of hydrogen-bond donors (Lipinski definition) is 1. The van der Waals surface area contributed by atoms with Gasteiger partial charge in [0.2, 0.25) is 0 Å². The minimum atomic E-state index is 0.289. The Bertz CT molecular complexity index is 461. The molecule has 2 rings (SSSR count). The summed E-state index contributed by atoms with van der Waals surface area (Å²) in [5.41, 5.74) is 6.71. The molecule has 4 heteroatoms. The summed E-state index contributed by atoms with van der Waals surface area (Å²) in [5, 5.41) is 8.40. The second kappa shape index (κ2) is 4.61. The molecule has 0 saturated carbocycles. The van der Waals surface area contributed by atoms with Gasteiger partial charge in [0.15, 0.2) is 5.65 Å². The first-order valence-corrected chi connectivity index (χ1v) is 5.72. The summed E-state index contributed by atoms with van der Waals surface area (Å²) in [7, 11) is 0. The monoisotopic (exact) mass is 218 g/mol. The molecule has 4 nitrogen and oxygen atoms in total. The molecule has 0 fully saturated rings. The normalized spacial score (nSPS) is 13.5. The standard InChI is InChI=1S/C12H18N4/c1-9(2)7-10(8-13)12-15-14-11-5-3-4-6-16(11)12/h3-6,9-10H,7-8,13H2,1-2H3. The van der Waals surface area contributed by atoms with Gasteiger partial charge in [-0.05, 0) is 24.5 Å². The van der Waals surface area contributed by atoms with E-state index in [4.69, 9.17) is 5.73 Å². The van der Waals surface area contributed by atoms with E-state index in [9.17, 15) is 0 Å². The van der Waals surface area contributed by atoms with Crippen molar-refractivity contribution in [3.63, 3.8) is 0 Å². The van der Waals surface area contributed by atoms with Crippen LogP contribution in [0.5, 0.6) is 0 Å². The van der Waals surface area contributed by atoms with Crippen LogP contribution in [-0.4, -0.2) is 21.1 Å². The zero-order valence-corrected chi connectivity index (χ0v) is 9.80. The molecule has 1 unspecified atom stereocenters. The Morgan fingerprint density at radius 2 is 2.12 bits per heavy atom. The van der Waals surface area contributed by atoms with Crippen LogP contribution in [0.3, 0.4) is 0 Å². The fourth-order valence-electron chi connectivity index (χ4n) is 2.01. The number of hydrogen-bond acceptors (Lipinski definition) is 3. The van der Waals surface area contributed by atoms with Crippen molar-refractivity contribution in [1.82, 2.24) is 14.6 Å². The highest BCUT2D eigenvalue weighted by Crippen LogP contribution is 2.21. The first kappa shape index (κ1) is 11.1. The van der Waals surface area contributed by atoms with Crippen molar-refractivity contribution in [3.05, 3.63) is 30.2 Å². The Hall–Kier alpha value is -1.42. The van der Waals surface area contributed by atoms with Gasteiger partial charge in [0.1, 0.15) is 5.82 Å². The van der Waals surface area contributed by atoms with Crippen LogP contribution in [0.4, 0.5) is 0 Å². The summed E-state index contributed by atoms with van der Waals surface area (Å²) in [5.74, 6) is 1.88. The summed E-state index contributed by atoms with van der Waals surface area (Å²) in [6.07, 6.45) is 3.04. The molecular weight excluding hydrogens is 200 g/mol. The van der Waals surface area contributed by atoms with Crippen molar-refractivity contribution in [2.24, 2.45) is 11.7 Å². The molecule has 0 saturated heterocycles. The number of nitrogens with two attached hydrogens (primary N) is 1. The van der Waals surface area contributed by atoms with Gasteiger partial charge in [0.25, 0.3) is 0 Å². The molecule has 0 radical (unpaired) electrons. The highest BCUT2D eigenvalue weighted by atomic mass is 15.2. The minimum Gasteiger partial charge on any atom is -0.330 e. The lowest BCUT2D eigenvalue weighted by molar-refractivity contribution is 0.485. The van der Waals surface area contributed by atoms with Crippen molar-refractivity contribution in [2.45, 2.75) is 26.2 Å². The molecule has 2 aromatic rings. The van der Waals surface area contributed by atoms with Gasteiger partial charge in [0.05, 0.1) is 0 Å². The summed E-state index contributed by atoms with van der Waals surface area (Å²) in [6, 6.07) is 5.91. The topological polar surface area (TPSA) is 56.2 Å². The van der Waals surface area contributed by atoms with Gasteiger partial charge in [-0.1, -0.05) is 19.9 Å². The van der Waals surface area contributed by atoms with Crippen LogP contribution in [0.2, 0.25) is 0 Å². The largest absolute Gasteiger partial charge is 0.330 e. The summed E-state index contributed by atoms with van der Waals surface area (Å²) >= 11 is 0. The maximum absolute atomic E-state index is 5.82. The number of rotatable bonds is 4. The Kier molecular flexibility index (Phi) is 3.19. The Morgan fingerprint density at radius 3 is 2.81 bits per heavy atom. The van der Waals surface area contributed by atoms with Gasteiger partial charge >= 0.3 is 0 Å². The average Bonchev–Trinajstić information content (AvgIpc) is 2.69. The van der Waals surface area contributed by atoms with Crippen molar-refractivity contribution in [2.75, 3.05) is 6.54 Å². The molecule has 2 aromatic heterocycles. The molecule has 2 N–H and O–H groups in total. The quantitative estimate of drug-likeness (QED) is 0.851. The van der Waals surface area contributed by atoms with Crippen molar-refractivity contribution in [3.8, 4) is 0 Å². The van der Waals surface area contributed by atoms with Crippen LogP contribution in [0.1, 0.15) is 32.0 Å². The summed E-state index contributed by atoms with van der Waals surface area (Å²) < 4.78 is 2.03. The predicted molar refractivity (Wildman–Crippen MR) is 64.2 cm³/mol. The van der Waals surface area contributed by atoms with Gasteiger partial charge < -0.3 is 5.73 Å². The van der Waals surface area contributed by atoms with E-state index < -0.39 is 0 Å². The molecule has 0 spiro atoms. The van der Waals surface area contributed by atoms with E-state index in [1.807, 2.05) is 28.8 Å². The van der Waals surface area contributed by atoms with Crippen molar-refractivity contribution >= 4 is 5.65 Å². The summed E-state index contributed by atoms with van der Waals surface area (Å²) in [6.45, 7) is 5.02. The Morgan fingerprint density at radius 1 is 1.31 bits per heavy atom. The van der Waals surface area contributed by atoms with Crippen LogP contribution in [0.15, 0.2) is 24.4 Å². The van der Waals surface area contributed by atoms with Gasteiger partial charge in [-0.3, -0.25) is 4.40 Å². The molecule has 0 aromatic carbocycles. The zero-order valence-electron chi connectivity index (χ0n) is 9.80. The third-order valence-corrected chi connectivity index (χ3v) is 2.75. The number of fused-ring (bicyclic) bond motifs is 1. The van der Waals surface area contributed by atoms with E-state index in [-0.39, 0.29) is 5.92 Å². The molecule has 2 heterocycles. The number of pyridine rings is 1. The second-order valence-corrected chi connectivity index (χ2v) is 4.55. The molecule has 0 aliphatic rings. The second-order valence-electron chi connectivity index (χ2n) is 4.55. The van der Waals surface area contributed by atoms with Crippen LogP contribution in [0, 0.1) is 5.92 Å². The lowest BCUT2D eigenvalue weighted by Gasteiger charge is -2.15. The Labute approximate surface area is 95.5 Å². The van der Waals surface area contributed by atoms with Gasteiger partial charge in [-0.25, -0.2) is 0 Å². The third-order valence-electron chi connectivity index (χ3n) is 2.75. The van der Waals surface area contributed by atoms with E-state index in [0.29, 0.717) is 12.5 Å². The van der Waals surface area contributed by atoms with Gasteiger partial charge in [0, 0.05) is 18.7 Å². The number of aromatic nitrogens is 3. The summed E-state index contributed by atoms with van der Waals surface area (Å²) in [4.78, 5) is 0. The highest BCUT2D eigenvalue weighted by molar-refractivity contribution is 5.37. The lowest BCUT2D eigenvalue weighted by Crippen LogP contribution is -2.17. The van der Waals surface area contributed by atoms with Crippen LogP contribution in [-0.2, 0) is 0 Å². The molecule has 86 valence electrons. The van der Waals surface area contributed by atoms with E-state index in [2.05, 4.69) is 24.0 Å². The number of nitrogens with zero attached hydrogens (tertiary/aromatic N) is 3. The highest BCUT2D eigenvalue weighted by Gasteiger charge is 2.17. The van der Waals surface area contributed by atoms with Gasteiger partial charge in [-0.2, -0.15) is 0 Å². The SMILES string of the molecule is CC(C)CC(CN)c1nnc2ccccn12. The van der Waals surface area contributed by atoms with E-state index >= 15 is 0 Å². The fourth-order valence-corrected chi connectivity index (χ4v) is 2.01. The fraction of sp³-hybridized carbons (Fsp3) is 0.500. The predicted octanol–water partition coefficient (Wildman–Crippen LogP) is 1.82. The third kappa shape index (κ3) is 2.07. The molecule has 0 bridgehead atoms. The Balaban J connectivity index is 2.37. The first-order valence-electron chi connectivity index (χ1n) is 5.72. The molecule has 0 amide bonds. The van der Waals surface area contributed by atoms with Crippen molar-refractivity contribution in [1.29, 1.82) is 0 Å². The maximum atomic E-state index is 5.82. The molecule has 16 heavy (non-hydrogen) atoms. The zero-order chi connectivity index (χ0) is 11.5. The average molecular weight is 218 g/mol. The first-order chi connectivity index (χ1) is 7.72. The molecule has 0 aliphatic carbocycles. The lowest BCUT2D eigenvalue weighted by atomic mass is 9.96. The molecule has 1 atom stereocenters. The van der Waals surface area contributed by atoms with Crippen LogP contribution >= 0.6 is 0 Å². The maximum Gasteiger partial charge on any atom is 0.160 e. The minimum absolute atomic E-state index is 0.289. The van der Waals surface area contributed by atoms with Gasteiger partial charge in [-0.15, -0.1) is 10.2 Å². The van der Waals surface area contributed by atoms with E-state index in [1.165, 1.54) is 0 Å². The van der Waals surface area contributed by atoms with E-state index in [1.54, 1.807) is 0 Å². The molecular formula is C12H18N4.